The fourth-order valence-electron chi connectivity index (χ4n) is 3.88. The molecule has 1 aliphatic rings. The number of ether oxygens (including phenoxy) is 4. The first-order valence-corrected chi connectivity index (χ1v) is 12.4. The standard InChI is InChI=1S/C29H34O6/c1-3-5-8-19-24(4-2)33-28(30)27(23-17-11-7-12-18-23)35-29(31)26(22-15-9-6-10-16-22)34-25-20-13-14-21-32-25/h2,6-7,9-12,15-18,24-27H,3,5,8,13-14,19-21H2,1H3/t24-,25+,26-,27-/m1/s1. The first kappa shape index (κ1) is 26.5. The van der Waals surface area contributed by atoms with Crippen molar-refractivity contribution in [2.45, 2.75) is 76.5 Å². The largest absolute Gasteiger partial charge is 0.446 e. The zero-order valence-corrected chi connectivity index (χ0v) is 20.3. The fourth-order valence-corrected chi connectivity index (χ4v) is 3.88. The van der Waals surface area contributed by atoms with Crippen molar-refractivity contribution in [1.29, 1.82) is 0 Å². The third kappa shape index (κ3) is 8.24. The van der Waals surface area contributed by atoms with E-state index in [9.17, 15) is 9.59 Å². The third-order valence-corrected chi connectivity index (χ3v) is 5.81. The van der Waals surface area contributed by atoms with E-state index in [-0.39, 0.29) is 0 Å². The van der Waals surface area contributed by atoms with Gasteiger partial charge in [-0.25, -0.2) is 9.59 Å². The van der Waals surface area contributed by atoms with Crippen LogP contribution in [0.4, 0.5) is 0 Å². The highest BCUT2D eigenvalue weighted by atomic mass is 16.7. The molecule has 186 valence electrons. The lowest BCUT2D eigenvalue weighted by Crippen LogP contribution is -2.32. The Hall–Kier alpha value is -3.14. The second-order valence-electron chi connectivity index (χ2n) is 8.54. The molecule has 6 nitrogen and oxygen atoms in total. The van der Waals surface area contributed by atoms with Gasteiger partial charge in [0.2, 0.25) is 6.10 Å². The van der Waals surface area contributed by atoms with Crippen LogP contribution in [0.5, 0.6) is 0 Å². The number of hydrogen-bond acceptors (Lipinski definition) is 6. The monoisotopic (exact) mass is 478 g/mol. The Balaban J connectivity index is 1.79. The molecule has 0 bridgehead atoms. The molecular formula is C29H34O6. The summed E-state index contributed by atoms with van der Waals surface area (Å²) in [6.07, 6.45) is 8.09. The highest BCUT2D eigenvalue weighted by Crippen LogP contribution is 2.29. The van der Waals surface area contributed by atoms with Gasteiger partial charge in [0, 0.05) is 12.2 Å². The predicted molar refractivity (Wildman–Crippen MR) is 132 cm³/mol. The van der Waals surface area contributed by atoms with Crippen molar-refractivity contribution < 1.29 is 28.5 Å². The van der Waals surface area contributed by atoms with Gasteiger partial charge in [0.25, 0.3) is 0 Å². The second-order valence-corrected chi connectivity index (χ2v) is 8.54. The van der Waals surface area contributed by atoms with Crippen molar-refractivity contribution in [3.05, 3.63) is 71.8 Å². The van der Waals surface area contributed by atoms with Crippen LogP contribution in [-0.4, -0.2) is 30.9 Å². The number of unbranched alkanes of at least 4 members (excludes halogenated alkanes) is 2. The lowest BCUT2D eigenvalue weighted by atomic mass is 10.1. The molecule has 4 atom stereocenters. The molecular weight excluding hydrogens is 444 g/mol. The van der Waals surface area contributed by atoms with Gasteiger partial charge in [-0.2, -0.15) is 0 Å². The highest BCUT2D eigenvalue weighted by Gasteiger charge is 2.34. The van der Waals surface area contributed by atoms with E-state index in [2.05, 4.69) is 12.8 Å². The van der Waals surface area contributed by atoms with E-state index in [1.54, 1.807) is 36.4 Å². The van der Waals surface area contributed by atoms with Gasteiger partial charge in [-0.1, -0.05) is 86.3 Å². The molecule has 2 aromatic carbocycles. The molecule has 6 heteroatoms. The Morgan fingerprint density at radius 3 is 2.14 bits per heavy atom. The summed E-state index contributed by atoms with van der Waals surface area (Å²) in [6, 6.07) is 17.8. The maximum atomic E-state index is 13.4. The van der Waals surface area contributed by atoms with E-state index < -0.39 is 36.5 Å². The van der Waals surface area contributed by atoms with Crippen LogP contribution in [0.3, 0.4) is 0 Å². The van der Waals surface area contributed by atoms with Gasteiger partial charge in [0.15, 0.2) is 18.5 Å². The first-order chi connectivity index (χ1) is 17.1. The number of carbonyl (C=O) groups is 2. The second kappa shape index (κ2) is 14.3. The van der Waals surface area contributed by atoms with Crippen LogP contribution in [0.1, 0.15) is 75.2 Å². The molecule has 1 saturated heterocycles. The minimum atomic E-state index is -1.27. The molecule has 0 aromatic heterocycles. The summed E-state index contributed by atoms with van der Waals surface area (Å²) < 4.78 is 23.1. The Labute approximate surface area is 207 Å². The van der Waals surface area contributed by atoms with Crippen molar-refractivity contribution in [1.82, 2.24) is 0 Å². The molecule has 0 N–H and O–H groups in total. The van der Waals surface area contributed by atoms with Gasteiger partial charge in [-0.3, -0.25) is 0 Å². The van der Waals surface area contributed by atoms with E-state index >= 15 is 0 Å². The molecule has 0 amide bonds. The normalized spacial score (nSPS) is 18.0. The summed E-state index contributed by atoms with van der Waals surface area (Å²) >= 11 is 0. The number of benzene rings is 2. The lowest BCUT2D eigenvalue weighted by molar-refractivity contribution is -0.210. The van der Waals surface area contributed by atoms with E-state index in [1.807, 2.05) is 24.3 Å². The Bertz CT molecular complexity index is 946. The minimum absolute atomic E-state index is 0.496. The Morgan fingerprint density at radius 2 is 1.57 bits per heavy atom. The average molecular weight is 479 g/mol. The minimum Gasteiger partial charge on any atom is -0.446 e. The van der Waals surface area contributed by atoms with Crippen molar-refractivity contribution in [2.24, 2.45) is 0 Å². The van der Waals surface area contributed by atoms with Gasteiger partial charge in [-0.15, -0.1) is 6.42 Å². The first-order valence-electron chi connectivity index (χ1n) is 12.4. The van der Waals surface area contributed by atoms with Gasteiger partial charge >= 0.3 is 11.9 Å². The summed E-state index contributed by atoms with van der Waals surface area (Å²) in [7, 11) is 0. The van der Waals surface area contributed by atoms with Crippen LogP contribution < -0.4 is 0 Å². The summed E-state index contributed by atoms with van der Waals surface area (Å²) in [6.45, 7) is 2.66. The molecule has 35 heavy (non-hydrogen) atoms. The van der Waals surface area contributed by atoms with Crippen LogP contribution >= 0.6 is 0 Å². The van der Waals surface area contributed by atoms with Crippen LogP contribution in [-0.2, 0) is 28.5 Å². The molecule has 1 heterocycles. The number of esters is 2. The Morgan fingerprint density at radius 1 is 0.943 bits per heavy atom. The molecule has 2 aromatic rings. The topological polar surface area (TPSA) is 71.1 Å². The van der Waals surface area contributed by atoms with Crippen molar-refractivity contribution in [3.8, 4) is 12.3 Å². The maximum absolute atomic E-state index is 13.4. The summed E-state index contributed by atoms with van der Waals surface area (Å²) in [5.74, 6) is 1.13. The van der Waals surface area contributed by atoms with Crippen LogP contribution in [0, 0.1) is 12.3 Å². The summed E-state index contributed by atoms with van der Waals surface area (Å²) in [5, 5.41) is 0. The van der Waals surface area contributed by atoms with Crippen molar-refractivity contribution >= 4 is 11.9 Å². The number of hydrogen-bond donors (Lipinski definition) is 0. The summed E-state index contributed by atoms with van der Waals surface area (Å²) in [4.78, 5) is 26.6. The molecule has 1 aliphatic heterocycles. The van der Waals surface area contributed by atoms with E-state index in [0.29, 0.717) is 30.6 Å². The van der Waals surface area contributed by atoms with Gasteiger partial charge in [-0.05, 0) is 37.7 Å². The predicted octanol–water partition coefficient (Wildman–Crippen LogP) is 5.68. The quantitative estimate of drug-likeness (QED) is 0.222. The van der Waals surface area contributed by atoms with Crippen molar-refractivity contribution in [3.63, 3.8) is 0 Å². The average Bonchev–Trinajstić information content (AvgIpc) is 2.91. The maximum Gasteiger partial charge on any atom is 0.353 e. The smallest absolute Gasteiger partial charge is 0.353 e. The number of terminal acetylenes is 1. The number of rotatable bonds is 12. The SMILES string of the molecule is C#C[C@H](CCCCC)OC(=O)[C@H](OC(=O)[C@H](O[C@H]1CCCCO1)c1ccccc1)c1ccccc1. The molecule has 1 fully saturated rings. The van der Waals surface area contributed by atoms with Crippen LogP contribution in [0.2, 0.25) is 0 Å². The van der Waals surface area contributed by atoms with Crippen LogP contribution in [0.15, 0.2) is 60.7 Å². The van der Waals surface area contributed by atoms with Gasteiger partial charge in [0.05, 0.1) is 0 Å². The molecule has 0 unspecified atom stereocenters. The zero-order valence-electron chi connectivity index (χ0n) is 20.3. The zero-order chi connectivity index (χ0) is 24.9. The van der Waals surface area contributed by atoms with E-state index in [4.69, 9.17) is 25.4 Å². The van der Waals surface area contributed by atoms with Crippen LogP contribution in [0.25, 0.3) is 0 Å². The molecule has 0 aliphatic carbocycles. The third-order valence-electron chi connectivity index (χ3n) is 5.81. The van der Waals surface area contributed by atoms with Gasteiger partial charge in [0.1, 0.15) is 0 Å². The lowest BCUT2D eigenvalue weighted by Gasteiger charge is -2.28. The molecule has 3 rings (SSSR count). The molecule has 0 radical (unpaired) electrons. The highest BCUT2D eigenvalue weighted by molar-refractivity contribution is 5.83. The van der Waals surface area contributed by atoms with Crippen molar-refractivity contribution in [2.75, 3.05) is 6.61 Å². The van der Waals surface area contributed by atoms with E-state index in [0.717, 1.165) is 32.1 Å². The molecule has 0 saturated carbocycles. The number of carbonyl (C=O) groups excluding carboxylic acids is 2. The van der Waals surface area contributed by atoms with E-state index in [1.165, 1.54) is 0 Å². The molecule has 0 spiro atoms. The fraction of sp³-hybridized carbons (Fsp3) is 0.448. The Kier molecular flexibility index (Phi) is 10.8. The summed E-state index contributed by atoms with van der Waals surface area (Å²) in [5.41, 5.74) is 1.11. The van der Waals surface area contributed by atoms with Gasteiger partial charge < -0.3 is 18.9 Å².